The zero-order valence-corrected chi connectivity index (χ0v) is 33.7. The maximum Gasteiger partial charge on any atom is 0.303 e. The summed E-state index contributed by atoms with van der Waals surface area (Å²) < 4.78 is 10.5. The van der Waals surface area contributed by atoms with Crippen molar-refractivity contribution in [2.75, 3.05) is 0 Å². The van der Waals surface area contributed by atoms with Crippen LogP contribution in [0, 0.1) is 0 Å². The molecule has 0 radical (unpaired) electrons. The summed E-state index contributed by atoms with van der Waals surface area (Å²) in [6.45, 7) is 21.6. The summed E-state index contributed by atoms with van der Waals surface area (Å²) in [7, 11) is 0. The number of hydrogen-bond acceptors (Lipinski definition) is 5. The van der Waals surface area contributed by atoms with E-state index in [0.29, 0.717) is 12.2 Å². The third kappa shape index (κ3) is 15.3. The minimum atomic E-state index is -0.334. The fourth-order valence-electron chi connectivity index (χ4n) is 5.84. The summed E-state index contributed by atoms with van der Waals surface area (Å²) in [5, 5.41) is 26.6. The van der Waals surface area contributed by atoms with Gasteiger partial charge in [-0.15, -0.1) is 13.2 Å². The van der Waals surface area contributed by atoms with E-state index in [4.69, 9.17) is 9.47 Å². The molecule has 6 rings (SSSR count). The van der Waals surface area contributed by atoms with Gasteiger partial charge in [0, 0.05) is 6.92 Å². The topological polar surface area (TPSA) is 76.0 Å². The quantitative estimate of drug-likeness (QED) is 0.114. The van der Waals surface area contributed by atoms with E-state index >= 15 is 0 Å². The number of ether oxygens (including phenoxy) is 2. The molecule has 0 bridgehead atoms. The standard InChI is InChI=1S/C15H16O2.2C13H14O.C6H14O.C2H4/c1-3-15(17-11(2)16)14-9-8-12-6-4-5-7-13(12)10-14;2*1-2-13(14)12-8-7-10-5-3-4-6-11(10)9-12;1-5(2)7-6(3)4;1-2/h4-10,15H,3H2,1-2H3;2*3-9,13-14H,2H2,1H3;5-6H,1-4H3;1-2H2/t15-;13-;;;/m10.../s1. The lowest BCUT2D eigenvalue weighted by Crippen LogP contribution is -2.09. The first-order valence-corrected chi connectivity index (χ1v) is 19.1. The average Bonchev–Trinajstić information content (AvgIpc) is 3.19. The number of esters is 1. The Hall–Kier alpha value is -4.81. The molecule has 3 atom stereocenters. The van der Waals surface area contributed by atoms with E-state index in [0.717, 1.165) is 36.0 Å². The third-order valence-corrected chi connectivity index (χ3v) is 8.46. The maximum absolute atomic E-state index is 11.0. The molecule has 1 unspecified atom stereocenters. The van der Waals surface area contributed by atoms with Crippen molar-refractivity contribution < 1.29 is 24.5 Å². The van der Waals surface area contributed by atoms with Crippen molar-refractivity contribution in [2.45, 2.75) is 105 Å². The van der Waals surface area contributed by atoms with Crippen LogP contribution in [0.1, 0.15) is 110 Å². The molecule has 0 spiro atoms. The molecule has 0 aliphatic heterocycles. The molecule has 5 heteroatoms. The van der Waals surface area contributed by atoms with Gasteiger partial charge in [-0.1, -0.05) is 130 Å². The SMILES string of the molecule is C=C.CC(C)OC(C)C.CCC(O)c1ccc2ccccc2c1.CC[C@@H](OC(C)=O)c1ccc2ccccc2c1.CC[C@H](O)c1ccc2ccccc2c1. The highest BCUT2D eigenvalue weighted by atomic mass is 16.5. The summed E-state index contributed by atoms with van der Waals surface area (Å²) in [6.07, 6.45) is 2.26. The van der Waals surface area contributed by atoms with E-state index < -0.39 is 0 Å². The van der Waals surface area contributed by atoms with Gasteiger partial charge in [0.25, 0.3) is 0 Å². The van der Waals surface area contributed by atoms with E-state index in [-0.39, 0.29) is 24.3 Å². The Morgan fingerprint density at radius 2 is 0.833 bits per heavy atom. The number of aliphatic hydroxyl groups excluding tert-OH is 2. The average molecular weight is 731 g/mol. The molecule has 0 heterocycles. The monoisotopic (exact) mass is 730 g/mol. The van der Waals surface area contributed by atoms with Crippen LogP contribution in [0.2, 0.25) is 0 Å². The lowest BCUT2D eigenvalue weighted by molar-refractivity contribution is -0.146. The smallest absolute Gasteiger partial charge is 0.303 e. The second kappa shape index (κ2) is 24.5. The Kier molecular flexibility index (Phi) is 20.6. The van der Waals surface area contributed by atoms with E-state index in [9.17, 15) is 15.0 Å². The van der Waals surface area contributed by atoms with Crippen LogP contribution in [0.4, 0.5) is 0 Å². The summed E-state index contributed by atoms with van der Waals surface area (Å²) in [6, 6.07) is 43.0. The predicted molar refractivity (Wildman–Crippen MR) is 230 cm³/mol. The Morgan fingerprint density at radius 1 is 0.519 bits per heavy atom. The number of aliphatic hydroxyl groups is 2. The summed E-state index contributed by atoms with van der Waals surface area (Å²) in [4.78, 5) is 11.0. The predicted octanol–water partition coefficient (Wildman–Crippen LogP) is 13.0. The Balaban J connectivity index is 0.000000254. The first kappa shape index (κ1) is 45.3. The number of carbonyl (C=O) groups excluding carboxylic acids is 1. The van der Waals surface area contributed by atoms with Crippen LogP contribution < -0.4 is 0 Å². The van der Waals surface area contributed by atoms with Gasteiger partial charge in [-0.3, -0.25) is 4.79 Å². The third-order valence-electron chi connectivity index (χ3n) is 8.46. The van der Waals surface area contributed by atoms with Crippen LogP contribution in [0.15, 0.2) is 141 Å². The van der Waals surface area contributed by atoms with Crippen LogP contribution in [-0.2, 0) is 14.3 Å². The summed E-state index contributed by atoms with van der Waals surface area (Å²) in [5.41, 5.74) is 3.07. The number of carbonyl (C=O) groups is 1. The Labute approximate surface area is 324 Å². The van der Waals surface area contributed by atoms with Crippen molar-refractivity contribution in [1.82, 2.24) is 0 Å². The number of rotatable bonds is 9. The molecule has 0 aliphatic carbocycles. The largest absolute Gasteiger partial charge is 0.458 e. The fourth-order valence-corrected chi connectivity index (χ4v) is 5.84. The second-order valence-corrected chi connectivity index (χ2v) is 13.4. The van der Waals surface area contributed by atoms with Crippen LogP contribution in [0.5, 0.6) is 0 Å². The van der Waals surface area contributed by atoms with Crippen molar-refractivity contribution >= 4 is 38.3 Å². The molecular formula is C49H62O5. The van der Waals surface area contributed by atoms with Gasteiger partial charge in [-0.2, -0.15) is 0 Å². The molecule has 6 aromatic carbocycles. The van der Waals surface area contributed by atoms with Crippen LogP contribution >= 0.6 is 0 Å². The highest BCUT2D eigenvalue weighted by molar-refractivity contribution is 5.84. The van der Waals surface area contributed by atoms with E-state index in [2.05, 4.69) is 86.0 Å². The maximum atomic E-state index is 11.0. The normalized spacial score (nSPS) is 12.1. The van der Waals surface area contributed by atoms with E-state index in [1.807, 2.05) is 103 Å². The molecule has 0 fully saturated rings. The molecule has 288 valence electrons. The van der Waals surface area contributed by atoms with Crippen molar-refractivity contribution in [3.63, 3.8) is 0 Å². The van der Waals surface area contributed by atoms with Gasteiger partial charge < -0.3 is 19.7 Å². The molecule has 0 amide bonds. The Morgan fingerprint density at radius 3 is 1.11 bits per heavy atom. The molecule has 0 aromatic heterocycles. The van der Waals surface area contributed by atoms with Gasteiger partial charge in [-0.25, -0.2) is 0 Å². The molecule has 54 heavy (non-hydrogen) atoms. The van der Waals surface area contributed by atoms with Gasteiger partial charge in [0.1, 0.15) is 6.10 Å². The van der Waals surface area contributed by atoms with Crippen molar-refractivity contribution in [1.29, 1.82) is 0 Å². The van der Waals surface area contributed by atoms with Gasteiger partial charge in [0.15, 0.2) is 0 Å². The summed E-state index contributed by atoms with van der Waals surface area (Å²) in [5.74, 6) is -0.231. The second-order valence-electron chi connectivity index (χ2n) is 13.4. The van der Waals surface area contributed by atoms with Crippen LogP contribution in [-0.4, -0.2) is 28.4 Å². The minimum Gasteiger partial charge on any atom is -0.458 e. The van der Waals surface area contributed by atoms with Crippen molar-refractivity contribution in [3.8, 4) is 0 Å². The summed E-state index contributed by atoms with van der Waals surface area (Å²) >= 11 is 0. The highest BCUT2D eigenvalue weighted by Gasteiger charge is 2.12. The molecule has 2 N–H and O–H groups in total. The van der Waals surface area contributed by atoms with Gasteiger partial charge in [0.2, 0.25) is 0 Å². The zero-order chi connectivity index (χ0) is 40.0. The van der Waals surface area contributed by atoms with Crippen LogP contribution in [0.25, 0.3) is 32.3 Å². The first-order chi connectivity index (χ1) is 25.9. The van der Waals surface area contributed by atoms with E-state index in [1.165, 1.54) is 39.2 Å². The Bertz CT molecular complexity index is 1870. The molecule has 0 saturated carbocycles. The first-order valence-electron chi connectivity index (χ1n) is 19.1. The van der Waals surface area contributed by atoms with E-state index in [1.54, 1.807) is 0 Å². The fraction of sp³-hybridized carbons (Fsp3) is 0.327. The number of hydrogen-bond donors (Lipinski definition) is 2. The molecule has 0 saturated heterocycles. The lowest BCUT2D eigenvalue weighted by Gasteiger charge is -2.15. The molecule has 5 nitrogen and oxygen atoms in total. The number of fused-ring (bicyclic) bond motifs is 3. The molecular weight excluding hydrogens is 669 g/mol. The minimum absolute atomic E-state index is 0.142. The van der Waals surface area contributed by atoms with Gasteiger partial charge in [-0.05, 0) is 114 Å². The van der Waals surface area contributed by atoms with Crippen molar-refractivity contribution in [2.24, 2.45) is 0 Å². The van der Waals surface area contributed by atoms with Gasteiger partial charge in [0.05, 0.1) is 24.4 Å². The number of benzene rings is 6. The zero-order valence-electron chi connectivity index (χ0n) is 33.7. The highest BCUT2D eigenvalue weighted by Crippen LogP contribution is 2.26. The molecule has 0 aliphatic rings. The van der Waals surface area contributed by atoms with Crippen LogP contribution in [0.3, 0.4) is 0 Å². The molecule has 6 aromatic rings. The van der Waals surface area contributed by atoms with Crippen molar-refractivity contribution in [3.05, 3.63) is 157 Å². The van der Waals surface area contributed by atoms with Gasteiger partial charge >= 0.3 is 5.97 Å². The lowest BCUT2D eigenvalue weighted by atomic mass is 10.0.